The van der Waals surface area contributed by atoms with Gasteiger partial charge in [0.25, 0.3) is 0 Å². The Bertz CT molecular complexity index is 529. The summed E-state index contributed by atoms with van der Waals surface area (Å²) < 4.78 is 0. The lowest BCUT2D eigenvalue weighted by atomic mass is 9.92. The van der Waals surface area contributed by atoms with E-state index in [2.05, 4.69) is 26.1 Å². The van der Waals surface area contributed by atoms with E-state index in [0.29, 0.717) is 38.4 Å². The number of piperazine rings is 1. The highest BCUT2D eigenvalue weighted by molar-refractivity contribution is 5.90. The highest BCUT2D eigenvalue weighted by Crippen LogP contribution is 2.23. The molecule has 0 unspecified atom stereocenters. The minimum Gasteiger partial charge on any atom is -0.370 e. The van der Waals surface area contributed by atoms with E-state index in [1.54, 1.807) is 0 Å². The van der Waals surface area contributed by atoms with Crippen LogP contribution in [0.4, 0.5) is 0 Å². The number of rotatable bonds is 8. The maximum atomic E-state index is 13.2. The van der Waals surface area contributed by atoms with Crippen molar-refractivity contribution in [3.8, 4) is 0 Å². The van der Waals surface area contributed by atoms with E-state index in [9.17, 15) is 14.4 Å². The molecule has 0 bridgehead atoms. The van der Waals surface area contributed by atoms with E-state index in [0.717, 1.165) is 32.2 Å². The molecule has 0 aromatic heterocycles. The van der Waals surface area contributed by atoms with Crippen molar-refractivity contribution < 1.29 is 14.4 Å². The Hall–Kier alpha value is -1.63. The fourth-order valence-corrected chi connectivity index (χ4v) is 4.26. The molecule has 27 heavy (non-hydrogen) atoms. The zero-order valence-corrected chi connectivity index (χ0v) is 17.1. The van der Waals surface area contributed by atoms with Crippen molar-refractivity contribution in [1.82, 2.24) is 15.1 Å². The summed E-state index contributed by atoms with van der Waals surface area (Å²) in [6.45, 7) is 8.88. The predicted octanol–water partition coefficient (Wildman–Crippen LogP) is 1.12. The van der Waals surface area contributed by atoms with Crippen LogP contribution in [-0.2, 0) is 14.4 Å². The first-order valence-corrected chi connectivity index (χ1v) is 10.4. The van der Waals surface area contributed by atoms with Crippen molar-refractivity contribution in [1.29, 1.82) is 0 Å². The highest BCUT2D eigenvalue weighted by Gasteiger charge is 2.38. The second kappa shape index (κ2) is 10.1. The first kappa shape index (κ1) is 21.7. The summed E-state index contributed by atoms with van der Waals surface area (Å²) >= 11 is 0. The molecule has 3 amide bonds. The molecule has 0 saturated carbocycles. The molecular weight excluding hydrogens is 344 g/mol. The molecule has 2 saturated heterocycles. The van der Waals surface area contributed by atoms with Crippen LogP contribution in [0.15, 0.2) is 0 Å². The molecule has 2 rings (SSSR count). The van der Waals surface area contributed by atoms with Gasteiger partial charge in [-0.1, -0.05) is 27.2 Å². The fraction of sp³-hybridized carbons (Fsp3) is 0.850. The molecule has 2 aliphatic rings. The molecule has 3 N–H and O–H groups in total. The van der Waals surface area contributed by atoms with Crippen molar-refractivity contribution in [3.05, 3.63) is 0 Å². The number of piperidine rings is 1. The van der Waals surface area contributed by atoms with Gasteiger partial charge in [0, 0.05) is 32.6 Å². The minimum atomic E-state index is -0.369. The number of nitrogens with two attached hydrogens (primary N) is 1. The van der Waals surface area contributed by atoms with Crippen LogP contribution < -0.4 is 11.1 Å². The number of likely N-dealkylation sites (tertiary alicyclic amines) is 1. The maximum absolute atomic E-state index is 13.2. The van der Waals surface area contributed by atoms with Crippen LogP contribution in [-0.4, -0.2) is 65.8 Å². The number of nitrogens with zero attached hydrogens (tertiary/aromatic N) is 2. The van der Waals surface area contributed by atoms with E-state index >= 15 is 0 Å². The van der Waals surface area contributed by atoms with Gasteiger partial charge in [-0.3, -0.25) is 14.4 Å². The molecule has 0 spiro atoms. The lowest BCUT2D eigenvalue weighted by Crippen LogP contribution is -2.62. The van der Waals surface area contributed by atoms with Crippen molar-refractivity contribution in [2.75, 3.05) is 26.2 Å². The standard InChI is InChI=1S/C20H36N4O3/c1-4-5-17(24-11-8-22-16(19(24)26)12-14(2)3)20(27)23-9-6-15(7-10-23)13-18(21)25/h14-17,22H,4-13H2,1-3H3,(H2,21,25)/t16-,17-/m0/s1. The highest BCUT2D eigenvalue weighted by atomic mass is 16.2. The summed E-state index contributed by atoms with van der Waals surface area (Å²) in [6, 6.07) is -0.556. The van der Waals surface area contributed by atoms with Crippen LogP contribution in [0, 0.1) is 11.8 Å². The van der Waals surface area contributed by atoms with Crippen molar-refractivity contribution in [3.63, 3.8) is 0 Å². The molecule has 2 atom stereocenters. The van der Waals surface area contributed by atoms with Gasteiger partial charge in [-0.15, -0.1) is 0 Å². The van der Waals surface area contributed by atoms with E-state index in [-0.39, 0.29) is 35.7 Å². The third-order valence-corrected chi connectivity index (χ3v) is 5.67. The van der Waals surface area contributed by atoms with Gasteiger partial charge in [-0.05, 0) is 37.5 Å². The molecule has 0 aliphatic carbocycles. The monoisotopic (exact) mass is 380 g/mol. The zero-order valence-electron chi connectivity index (χ0n) is 17.1. The van der Waals surface area contributed by atoms with Crippen LogP contribution in [0.2, 0.25) is 0 Å². The molecule has 2 heterocycles. The number of primary amides is 1. The Morgan fingerprint density at radius 2 is 1.89 bits per heavy atom. The number of carbonyl (C=O) groups is 3. The van der Waals surface area contributed by atoms with Gasteiger partial charge >= 0.3 is 0 Å². The van der Waals surface area contributed by atoms with E-state index in [1.807, 2.05) is 9.80 Å². The molecule has 0 aromatic rings. The lowest BCUT2D eigenvalue weighted by molar-refractivity contribution is -0.150. The number of amides is 3. The van der Waals surface area contributed by atoms with Crippen LogP contribution in [0.3, 0.4) is 0 Å². The SMILES string of the molecule is CCC[C@@H](C(=O)N1CCC(CC(N)=O)CC1)N1CCN[C@@H](CC(C)C)C1=O. The Labute approximate surface area is 163 Å². The van der Waals surface area contributed by atoms with Gasteiger partial charge in [-0.25, -0.2) is 0 Å². The first-order chi connectivity index (χ1) is 12.8. The third kappa shape index (κ3) is 5.92. The first-order valence-electron chi connectivity index (χ1n) is 10.4. The summed E-state index contributed by atoms with van der Waals surface area (Å²) in [4.78, 5) is 41.0. The fourth-order valence-electron chi connectivity index (χ4n) is 4.26. The van der Waals surface area contributed by atoms with Crippen LogP contribution >= 0.6 is 0 Å². The summed E-state index contributed by atoms with van der Waals surface area (Å²) in [5, 5.41) is 3.31. The topological polar surface area (TPSA) is 95.7 Å². The van der Waals surface area contributed by atoms with Gasteiger partial charge in [-0.2, -0.15) is 0 Å². The van der Waals surface area contributed by atoms with E-state index < -0.39 is 0 Å². The smallest absolute Gasteiger partial charge is 0.245 e. The zero-order chi connectivity index (χ0) is 20.0. The van der Waals surface area contributed by atoms with Crippen LogP contribution in [0.1, 0.15) is 59.3 Å². The molecule has 7 nitrogen and oxygen atoms in total. The Morgan fingerprint density at radius 3 is 2.44 bits per heavy atom. The normalized spacial score (nSPS) is 23.0. The van der Waals surface area contributed by atoms with Gasteiger partial charge in [0.2, 0.25) is 17.7 Å². The molecule has 154 valence electrons. The van der Waals surface area contributed by atoms with Gasteiger partial charge in [0.05, 0.1) is 6.04 Å². The van der Waals surface area contributed by atoms with E-state index in [1.165, 1.54) is 0 Å². The summed E-state index contributed by atoms with van der Waals surface area (Å²) in [7, 11) is 0. The molecule has 2 fully saturated rings. The summed E-state index contributed by atoms with van der Waals surface area (Å²) in [6.07, 6.45) is 4.35. The largest absolute Gasteiger partial charge is 0.370 e. The number of carbonyl (C=O) groups excluding carboxylic acids is 3. The Balaban J connectivity index is 2.02. The van der Waals surface area contributed by atoms with Gasteiger partial charge < -0.3 is 20.9 Å². The average Bonchev–Trinajstić information content (AvgIpc) is 2.61. The minimum absolute atomic E-state index is 0.0605. The number of nitrogens with one attached hydrogen (secondary N) is 1. The van der Waals surface area contributed by atoms with Crippen molar-refractivity contribution in [2.45, 2.75) is 71.4 Å². The van der Waals surface area contributed by atoms with Crippen LogP contribution in [0.25, 0.3) is 0 Å². The van der Waals surface area contributed by atoms with Crippen molar-refractivity contribution in [2.24, 2.45) is 17.6 Å². The molecule has 0 radical (unpaired) electrons. The summed E-state index contributed by atoms with van der Waals surface area (Å²) in [5.41, 5.74) is 5.30. The molecule has 0 aromatic carbocycles. The molecular formula is C20H36N4O3. The summed E-state index contributed by atoms with van der Waals surface area (Å²) in [5.74, 6) is 0.549. The second-order valence-corrected chi connectivity index (χ2v) is 8.41. The maximum Gasteiger partial charge on any atom is 0.245 e. The van der Waals surface area contributed by atoms with Crippen molar-refractivity contribution >= 4 is 17.7 Å². The lowest BCUT2D eigenvalue weighted by Gasteiger charge is -2.41. The second-order valence-electron chi connectivity index (χ2n) is 8.41. The molecule has 2 aliphatic heterocycles. The Morgan fingerprint density at radius 1 is 1.22 bits per heavy atom. The average molecular weight is 381 g/mol. The molecule has 7 heteroatoms. The van der Waals surface area contributed by atoms with E-state index in [4.69, 9.17) is 5.73 Å². The van der Waals surface area contributed by atoms with Gasteiger partial charge in [0.1, 0.15) is 6.04 Å². The number of hydrogen-bond donors (Lipinski definition) is 2. The predicted molar refractivity (Wildman–Crippen MR) is 105 cm³/mol. The van der Waals surface area contributed by atoms with Crippen LogP contribution in [0.5, 0.6) is 0 Å². The van der Waals surface area contributed by atoms with Gasteiger partial charge in [0.15, 0.2) is 0 Å². The third-order valence-electron chi connectivity index (χ3n) is 5.67. The Kier molecular flexibility index (Phi) is 8.07. The quantitative estimate of drug-likeness (QED) is 0.659. The number of hydrogen-bond acceptors (Lipinski definition) is 4.